The number of nitrogens with zero attached hydrogens (tertiary/aromatic N) is 3. The van der Waals surface area contributed by atoms with Gasteiger partial charge in [-0.05, 0) is 0 Å². The number of amides is 1. The van der Waals surface area contributed by atoms with Gasteiger partial charge in [0.25, 0.3) is 0 Å². The smallest absolute Gasteiger partial charge is 0.360 e. The maximum Gasteiger partial charge on any atom is 0.471 e. The lowest BCUT2D eigenvalue weighted by Gasteiger charge is -2.08. The topological polar surface area (TPSA) is 84.8 Å². The molecule has 1 heterocycles. The summed E-state index contributed by atoms with van der Waals surface area (Å²) in [6.45, 7) is 0. The van der Waals surface area contributed by atoms with Crippen LogP contribution in [0.5, 0.6) is 0 Å². The number of carbonyl (C=O) groups is 1. The molecule has 0 aliphatic carbocycles. The summed E-state index contributed by atoms with van der Waals surface area (Å²) in [6, 6.07) is 1.66. The van der Waals surface area contributed by atoms with Gasteiger partial charge in [0.05, 0.1) is 0 Å². The highest BCUT2D eigenvalue weighted by molar-refractivity contribution is 5.95. The zero-order chi connectivity index (χ0) is 13.2. The molecule has 6 nitrogen and oxygen atoms in total. The lowest BCUT2D eigenvalue weighted by molar-refractivity contribution is -0.167. The first-order valence-electron chi connectivity index (χ1n) is 4.31. The van der Waals surface area contributed by atoms with E-state index < -0.39 is 12.1 Å². The van der Waals surface area contributed by atoms with E-state index in [0.29, 0.717) is 0 Å². The van der Waals surface area contributed by atoms with Crippen LogP contribution in [0.4, 0.5) is 24.8 Å². The maximum atomic E-state index is 12.0. The Labute approximate surface area is 94.0 Å². The van der Waals surface area contributed by atoms with Gasteiger partial charge < -0.3 is 10.2 Å². The molecule has 0 spiro atoms. The number of carbonyl (C=O) groups excluding carboxylic acids is 1. The van der Waals surface area contributed by atoms with Crippen molar-refractivity contribution in [2.24, 2.45) is 0 Å². The van der Waals surface area contributed by atoms with Gasteiger partial charge in [-0.25, -0.2) is 0 Å². The van der Waals surface area contributed by atoms with Crippen molar-refractivity contribution in [3.05, 3.63) is 5.56 Å². The summed E-state index contributed by atoms with van der Waals surface area (Å²) in [5.74, 6) is -2.40. The van der Waals surface area contributed by atoms with Gasteiger partial charge in [-0.15, -0.1) is 0 Å². The van der Waals surface area contributed by atoms with Crippen LogP contribution < -0.4 is 10.2 Å². The summed E-state index contributed by atoms with van der Waals surface area (Å²) in [5.41, 5.74) is -0.160. The van der Waals surface area contributed by atoms with E-state index in [1.165, 1.54) is 4.90 Å². The summed E-state index contributed by atoms with van der Waals surface area (Å²) in [6.07, 6.45) is -5.02. The minimum absolute atomic E-state index is 0.143. The zero-order valence-electron chi connectivity index (χ0n) is 8.88. The second-order valence-electron chi connectivity index (χ2n) is 3.26. The largest absolute Gasteiger partial charge is 0.471 e. The predicted octanol–water partition coefficient (Wildman–Crippen LogP) is 0.848. The Hall–Kier alpha value is -2.24. The van der Waals surface area contributed by atoms with Gasteiger partial charge in [-0.1, -0.05) is 0 Å². The predicted molar refractivity (Wildman–Crippen MR) is 52.3 cm³/mol. The van der Waals surface area contributed by atoms with E-state index in [4.69, 9.17) is 5.26 Å². The van der Waals surface area contributed by atoms with Crippen molar-refractivity contribution < 1.29 is 18.0 Å². The maximum absolute atomic E-state index is 12.0. The molecule has 0 aliphatic heterocycles. The van der Waals surface area contributed by atoms with E-state index in [-0.39, 0.29) is 17.2 Å². The molecule has 0 atom stereocenters. The van der Waals surface area contributed by atoms with Gasteiger partial charge in [0.15, 0.2) is 5.82 Å². The summed E-state index contributed by atoms with van der Waals surface area (Å²) in [4.78, 5) is 12.1. The van der Waals surface area contributed by atoms with Crippen LogP contribution in [0.2, 0.25) is 0 Å². The number of rotatable bonds is 2. The molecule has 1 aromatic rings. The van der Waals surface area contributed by atoms with Crippen LogP contribution in [0.25, 0.3) is 0 Å². The molecule has 0 saturated carbocycles. The van der Waals surface area contributed by atoms with E-state index in [1.54, 1.807) is 25.5 Å². The molecular formula is C8H8F3N5O. The van der Waals surface area contributed by atoms with Gasteiger partial charge in [-0.2, -0.15) is 23.5 Å². The van der Waals surface area contributed by atoms with Crippen molar-refractivity contribution in [3.63, 3.8) is 0 Å². The number of nitrogens with one attached hydrogen (secondary N) is 2. The van der Waals surface area contributed by atoms with Crippen molar-refractivity contribution in [2.45, 2.75) is 6.18 Å². The first-order chi connectivity index (χ1) is 7.77. The fourth-order valence-electron chi connectivity index (χ4n) is 1.04. The summed E-state index contributed by atoms with van der Waals surface area (Å²) < 4.78 is 36.0. The van der Waals surface area contributed by atoms with Crippen molar-refractivity contribution >= 4 is 17.5 Å². The van der Waals surface area contributed by atoms with Gasteiger partial charge in [0.2, 0.25) is 0 Å². The van der Waals surface area contributed by atoms with Crippen LogP contribution in [0.1, 0.15) is 5.56 Å². The molecule has 0 fully saturated rings. The molecule has 2 N–H and O–H groups in total. The van der Waals surface area contributed by atoms with Crippen molar-refractivity contribution in [1.82, 2.24) is 10.2 Å². The van der Waals surface area contributed by atoms with E-state index in [2.05, 4.69) is 10.2 Å². The zero-order valence-corrected chi connectivity index (χ0v) is 8.88. The van der Waals surface area contributed by atoms with E-state index in [0.717, 1.165) is 0 Å². The van der Waals surface area contributed by atoms with Crippen LogP contribution >= 0.6 is 0 Å². The molecule has 17 heavy (non-hydrogen) atoms. The molecule has 0 saturated heterocycles. The Bertz CT molecular complexity index is 470. The third-order valence-electron chi connectivity index (χ3n) is 1.78. The second kappa shape index (κ2) is 4.32. The van der Waals surface area contributed by atoms with E-state index in [1.807, 2.05) is 0 Å². The minimum Gasteiger partial charge on any atom is -0.360 e. The van der Waals surface area contributed by atoms with Crippen LogP contribution in [0.15, 0.2) is 0 Å². The number of halogens is 3. The third kappa shape index (κ3) is 2.66. The van der Waals surface area contributed by atoms with Gasteiger partial charge >= 0.3 is 12.1 Å². The van der Waals surface area contributed by atoms with Crippen molar-refractivity contribution in [2.75, 3.05) is 24.3 Å². The summed E-state index contributed by atoms with van der Waals surface area (Å²) >= 11 is 0. The molecule has 92 valence electrons. The van der Waals surface area contributed by atoms with Gasteiger partial charge in [0, 0.05) is 14.1 Å². The van der Waals surface area contributed by atoms with Crippen LogP contribution in [0.3, 0.4) is 0 Å². The normalized spacial score (nSPS) is 10.8. The standard InChI is InChI=1S/C8H8F3N5O/c1-16(2)6-4(3-12)5(14-15-6)13-7(17)8(9,10)11/h1-2H3,(H2,13,14,15,17). The highest BCUT2D eigenvalue weighted by Gasteiger charge is 2.39. The van der Waals surface area contributed by atoms with Crippen molar-refractivity contribution in [1.29, 1.82) is 5.26 Å². The Kier molecular flexibility index (Phi) is 3.26. The summed E-state index contributed by atoms with van der Waals surface area (Å²) in [7, 11) is 3.12. The molecule has 0 unspecified atom stereocenters. The molecule has 0 aromatic carbocycles. The monoisotopic (exact) mass is 247 g/mol. The highest BCUT2D eigenvalue weighted by Crippen LogP contribution is 2.24. The lowest BCUT2D eigenvalue weighted by atomic mass is 10.3. The van der Waals surface area contributed by atoms with E-state index >= 15 is 0 Å². The lowest BCUT2D eigenvalue weighted by Crippen LogP contribution is -2.30. The average molecular weight is 247 g/mol. The SMILES string of the molecule is CN(C)c1n[nH]c(NC(=O)C(F)(F)F)c1C#N. The minimum atomic E-state index is -5.02. The fraction of sp³-hybridized carbons (Fsp3) is 0.375. The molecule has 1 aromatic heterocycles. The quantitative estimate of drug-likeness (QED) is 0.811. The number of hydrogen-bond donors (Lipinski definition) is 2. The molecular weight excluding hydrogens is 239 g/mol. The number of alkyl halides is 3. The number of nitriles is 1. The average Bonchev–Trinajstić information content (AvgIpc) is 2.59. The first kappa shape index (κ1) is 12.8. The number of anilines is 2. The van der Waals surface area contributed by atoms with Crippen LogP contribution in [-0.4, -0.2) is 36.4 Å². The highest BCUT2D eigenvalue weighted by atomic mass is 19.4. The third-order valence-corrected chi connectivity index (χ3v) is 1.78. The number of H-pyrrole nitrogens is 1. The second-order valence-corrected chi connectivity index (χ2v) is 3.26. The first-order valence-corrected chi connectivity index (χ1v) is 4.31. The Morgan fingerprint density at radius 2 is 2.12 bits per heavy atom. The Morgan fingerprint density at radius 1 is 1.53 bits per heavy atom. The molecule has 9 heteroatoms. The number of aromatic amines is 1. The molecule has 0 bridgehead atoms. The number of aromatic nitrogens is 2. The molecule has 1 rings (SSSR count). The van der Waals surface area contributed by atoms with Gasteiger partial charge in [-0.3, -0.25) is 9.89 Å². The molecule has 0 aliphatic rings. The summed E-state index contributed by atoms with van der Waals surface area (Å²) in [5, 5.41) is 16.1. The van der Waals surface area contributed by atoms with Crippen LogP contribution in [-0.2, 0) is 4.79 Å². The van der Waals surface area contributed by atoms with Gasteiger partial charge in [0.1, 0.15) is 17.5 Å². The molecule has 1 amide bonds. The Balaban J connectivity index is 3.02. The number of hydrogen-bond acceptors (Lipinski definition) is 4. The van der Waals surface area contributed by atoms with Crippen LogP contribution in [0, 0.1) is 11.3 Å². The fourth-order valence-corrected chi connectivity index (χ4v) is 1.04. The van der Waals surface area contributed by atoms with Crippen molar-refractivity contribution in [3.8, 4) is 6.07 Å². The molecule has 0 radical (unpaired) electrons. The van der Waals surface area contributed by atoms with E-state index in [9.17, 15) is 18.0 Å². The Morgan fingerprint density at radius 3 is 2.53 bits per heavy atom.